The first-order valence-electron chi connectivity index (χ1n) is 10.1. The van der Waals surface area contributed by atoms with Gasteiger partial charge in [0, 0.05) is 11.6 Å². The zero-order chi connectivity index (χ0) is 20.4. The highest BCUT2D eigenvalue weighted by Gasteiger charge is 2.34. The number of rotatable bonds is 4. The first kappa shape index (κ1) is 18.3. The van der Waals surface area contributed by atoms with Gasteiger partial charge >= 0.3 is 0 Å². The Morgan fingerprint density at radius 1 is 0.533 bits per heavy atom. The normalized spacial score (nSPS) is 11.5. The van der Waals surface area contributed by atoms with Crippen molar-refractivity contribution in [3.8, 4) is 11.1 Å². The van der Waals surface area contributed by atoms with Crippen LogP contribution in [0.15, 0.2) is 121 Å². The Morgan fingerprint density at radius 2 is 1.10 bits per heavy atom. The number of fused-ring (bicyclic) bond motifs is 1. The van der Waals surface area contributed by atoms with Crippen molar-refractivity contribution in [2.75, 3.05) is 0 Å². The van der Waals surface area contributed by atoms with Crippen molar-refractivity contribution in [3.05, 3.63) is 138 Å². The summed E-state index contributed by atoms with van der Waals surface area (Å²) in [7, 11) is 0. The Morgan fingerprint density at radius 3 is 1.80 bits per heavy atom. The van der Waals surface area contributed by atoms with Gasteiger partial charge in [0.05, 0.1) is 11.1 Å². The second kappa shape index (κ2) is 7.58. The van der Waals surface area contributed by atoms with E-state index in [1.807, 2.05) is 54.7 Å². The molecule has 5 rings (SSSR count). The minimum absolute atomic E-state index is 0.788. The van der Waals surface area contributed by atoms with E-state index >= 15 is 0 Å². The molecule has 0 fully saturated rings. The van der Waals surface area contributed by atoms with E-state index in [9.17, 15) is 0 Å². The largest absolute Gasteiger partial charge is 0.314 e. The van der Waals surface area contributed by atoms with Crippen molar-refractivity contribution in [2.45, 2.75) is 5.54 Å². The summed E-state index contributed by atoms with van der Waals surface area (Å²) in [5.74, 6) is 0. The minimum atomic E-state index is -0.788. The van der Waals surface area contributed by atoms with Gasteiger partial charge in [0.25, 0.3) is 0 Å². The Bertz CT molecular complexity index is 1250. The van der Waals surface area contributed by atoms with E-state index in [4.69, 9.17) is 5.73 Å². The lowest BCUT2D eigenvalue weighted by Crippen LogP contribution is -2.39. The quantitative estimate of drug-likeness (QED) is 0.376. The van der Waals surface area contributed by atoms with Crippen LogP contribution in [-0.2, 0) is 5.54 Å². The van der Waals surface area contributed by atoms with Crippen molar-refractivity contribution >= 4 is 10.9 Å². The number of para-hydroxylation sites is 1. The summed E-state index contributed by atoms with van der Waals surface area (Å²) in [4.78, 5) is 4.54. The Hall–Kier alpha value is -3.75. The van der Waals surface area contributed by atoms with Gasteiger partial charge in [-0.2, -0.15) is 0 Å². The van der Waals surface area contributed by atoms with E-state index in [0.717, 1.165) is 38.7 Å². The highest BCUT2D eigenvalue weighted by molar-refractivity contribution is 5.95. The molecular weight excluding hydrogens is 364 g/mol. The molecule has 2 heteroatoms. The van der Waals surface area contributed by atoms with Crippen LogP contribution in [0.4, 0.5) is 0 Å². The van der Waals surface area contributed by atoms with Gasteiger partial charge in [-0.25, -0.2) is 0 Å². The van der Waals surface area contributed by atoms with Gasteiger partial charge in [-0.15, -0.1) is 0 Å². The first-order chi connectivity index (χ1) is 14.8. The predicted molar refractivity (Wildman–Crippen MR) is 124 cm³/mol. The number of hydrogen-bond acceptors (Lipinski definition) is 2. The van der Waals surface area contributed by atoms with Crippen molar-refractivity contribution in [1.82, 2.24) is 4.98 Å². The Labute approximate surface area is 176 Å². The lowest BCUT2D eigenvalue weighted by Gasteiger charge is -2.33. The van der Waals surface area contributed by atoms with Gasteiger partial charge in [0.1, 0.15) is 0 Å². The van der Waals surface area contributed by atoms with Crippen LogP contribution in [0.3, 0.4) is 0 Å². The molecule has 0 aliphatic heterocycles. The molecule has 0 bridgehead atoms. The highest BCUT2D eigenvalue weighted by atomic mass is 14.8. The topological polar surface area (TPSA) is 38.9 Å². The maximum absolute atomic E-state index is 7.33. The molecular formula is C28H22N2. The van der Waals surface area contributed by atoms with Gasteiger partial charge in [-0.1, -0.05) is 103 Å². The molecule has 0 aliphatic rings. The van der Waals surface area contributed by atoms with Crippen LogP contribution in [0.1, 0.15) is 16.7 Å². The number of aromatic nitrogens is 1. The standard InChI is InChI=1S/C28H22N2/c29-28(21-11-3-1-4-12-21,22-13-5-2-6-14-22)26-17-9-7-15-24(26)23-19-20-30-27-18-10-8-16-25(23)27/h1-20H,29H2. The highest BCUT2D eigenvalue weighted by Crippen LogP contribution is 2.41. The van der Waals surface area contributed by atoms with Crippen LogP contribution in [0.5, 0.6) is 0 Å². The molecule has 144 valence electrons. The number of hydrogen-bond donors (Lipinski definition) is 1. The van der Waals surface area contributed by atoms with E-state index in [-0.39, 0.29) is 0 Å². The second-order valence-electron chi connectivity index (χ2n) is 7.46. The molecule has 0 saturated carbocycles. The monoisotopic (exact) mass is 386 g/mol. The van der Waals surface area contributed by atoms with Crippen LogP contribution in [0, 0.1) is 0 Å². The molecule has 0 unspecified atom stereocenters. The van der Waals surface area contributed by atoms with Crippen LogP contribution >= 0.6 is 0 Å². The fourth-order valence-corrected chi connectivity index (χ4v) is 4.27. The zero-order valence-corrected chi connectivity index (χ0v) is 16.6. The molecule has 0 amide bonds. The molecule has 0 saturated heterocycles. The smallest absolute Gasteiger partial charge is 0.0928 e. The third-order valence-electron chi connectivity index (χ3n) is 5.75. The predicted octanol–water partition coefficient (Wildman–Crippen LogP) is 6.15. The van der Waals surface area contributed by atoms with Crippen molar-refractivity contribution < 1.29 is 0 Å². The van der Waals surface area contributed by atoms with E-state index in [0.29, 0.717) is 0 Å². The first-order valence-corrected chi connectivity index (χ1v) is 10.1. The number of benzene rings is 4. The molecule has 2 nitrogen and oxygen atoms in total. The molecule has 2 N–H and O–H groups in total. The maximum atomic E-state index is 7.33. The third kappa shape index (κ3) is 2.99. The summed E-state index contributed by atoms with van der Waals surface area (Å²) in [5, 5.41) is 1.12. The molecule has 0 atom stereocenters. The molecule has 0 aliphatic carbocycles. The van der Waals surface area contributed by atoms with Gasteiger partial charge in [-0.05, 0) is 39.9 Å². The molecule has 0 radical (unpaired) electrons. The van der Waals surface area contributed by atoms with E-state index in [1.165, 1.54) is 0 Å². The molecule has 4 aromatic carbocycles. The Kier molecular flexibility index (Phi) is 4.62. The van der Waals surface area contributed by atoms with Crippen LogP contribution < -0.4 is 5.73 Å². The molecule has 30 heavy (non-hydrogen) atoms. The maximum Gasteiger partial charge on any atom is 0.0928 e. The summed E-state index contributed by atoms with van der Waals surface area (Å²) >= 11 is 0. The molecule has 0 spiro atoms. The zero-order valence-electron chi connectivity index (χ0n) is 16.6. The summed E-state index contributed by atoms with van der Waals surface area (Å²) in [6.45, 7) is 0. The summed E-state index contributed by atoms with van der Waals surface area (Å²) in [6.07, 6.45) is 1.87. The third-order valence-corrected chi connectivity index (χ3v) is 5.75. The number of pyridine rings is 1. The summed E-state index contributed by atoms with van der Waals surface area (Å²) < 4.78 is 0. The van der Waals surface area contributed by atoms with Crippen molar-refractivity contribution in [2.24, 2.45) is 5.73 Å². The van der Waals surface area contributed by atoms with Crippen LogP contribution in [0.25, 0.3) is 22.0 Å². The van der Waals surface area contributed by atoms with Gasteiger partial charge in [0.15, 0.2) is 0 Å². The van der Waals surface area contributed by atoms with Gasteiger partial charge in [-0.3, -0.25) is 4.98 Å². The molecule has 1 aromatic heterocycles. The summed E-state index contributed by atoms with van der Waals surface area (Å²) in [6, 6.07) is 39.4. The number of nitrogens with two attached hydrogens (primary N) is 1. The molecule has 1 heterocycles. The van der Waals surface area contributed by atoms with E-state index < -0.39 is 5.54 Å². The number of nitrogens with zero attached hydrogens (tertiary/aromatic N) is 1. The fourth-order valence-electron chi connectivity index (χ4n) is 4.27. The van der Waals surface area contributed by atoms with Crippen LogP contribution in [0.2, 0.25) is 0 Å². The van der Waals surface area contributed by atoms with Gasteiger partial charge in [0.2, 0.25) is 0 Å². The van der Waals surface area contributed by atoms with Crippen molar-refractivity contribution in [1.29, 1.82) is 0 Å². The minimum Gasteiger partial charge on any atom is -0.314 e. The lowest BCUT2D eigenvalue weighted by atomic mass is 9.75. The van der Waals surface area contributed by atoms with Gasteiger partial charge < -0.3 is 5.73 Å². The average molecular weight is 386 g/mol. The van der Waals surface area contributed by atoms with E-state index in [2.05, 4.69) is 71.7 Å². The molecule has 5 aromatic rings. The van der Waals surface area contributed by atoms with Crippen LogP contribution in [-0.4, -0.2) is 4.98 Å². The lowest BCUT2D eigenvalue weighted by molar-refractivity contribution is 0.655. The SMILES string of the molecule is NC(c1ccccc1)(c1ccccc1)c1ccccc1-c1ccnc2ccccc12. The fraction of sp³-hybridized carbons (Fsp3) is 0.0357. The Balaban J connectivity index is 1.83. The summed E-state index contributed by atoms with van der Waals surface area (Å²) in [5.41, 5.74) is 13.0. The van der Waals surface area contributed by atoms with E-state index in [1.54, 1.807) is 0 Å². The second-order valence-corrected chi connectivity index (χ2v) is 7.46. The average Bonchev–Trinajstić information content (AvgIpc) is 2.84. The van der Waals surface area contributed by atoms with Crippen molar-refractivity contribution in [3.63, 3.8) is 0 Å².